The molecule has 0 aromatic carbocycles. The second-order valence-electron chi connectivity index (χ2n) is 10.8. The fraction of sp³-hybridized carbons (Fsp3) is 0.500. The number of likely N-dealkylation sites (tertiary alicyclic amines) is 1. The zero-order valence-corrected chi connectivity index (χ0v) is 23.4. The standard InChI is InChI=1S/C28H38N6O4/c1-8-37-26(35)21-16-22-24(19-9-12-29-23(15-19)32(6)7)30-17-34(22)25(18(21)2)31-20-10-13-33(14-11-20)27(36)38-28(3,4)5/h9,12,15-17,20,31H,8,10-11,13-14H2,1-7H3. The molecule has 0 saturated carbocycles. The zero-order valence-electron chi connectivity index (χ0n) is 23.4. The number of pyridine rings is 2. The van der Waals surface area contributed by atoms with Crippen molar-refractivity contribution in [3.63, 3.8) is 0 Å². The first-order chi connectivity index (χ1) is 18.0. The molecule has 38 heavy (non-hydrogen) atoms. The minimum absolute atomic E-state index is 0.111. The molecular weight excluding hydrogens is 484 g/mol. The molecule has 4 rings (SSSR count). The van der Waals surface area contributed by atoms with Gasteiger partial charge in [-0.1, -0.05) is 0 Å². The number of rotatable bonds is 6. The molecule has 0 bridgehead atoms. The second kappa shape index (κ2) is 10.9. The van der Waals surface area contributed by atoms with Crippen molar-refractivity contribution >= 4 is 29.2 Å². The van der Waals surface area contributed by atoms with Gasteiger partial charge in [0.1, 0.15) is 23.6 Å². The van der Waals surface area contributed by atoms with Crippen LogP contribution < -0.4 is 10.2 Å². The van der Waals surface area contributed by atoms with E-state index in [9.17, 15) is 9.59 Å². The van der Waals surface area contributed by atoms with E-state index in [1.165, 1.54) is 0 Å². The molecule has 0 spiro atoms. The number of fused-ring (bicyclic) bond motifs is 1. The second-order valence-corrected chi connectivity index (χ2v) is 10.8. The number of anilines is 2. The van der Waals surface area contributed by atoms with Crippen LogP contribution in [-0.4, -0.2) is 76.8 Å². The molecule has 1 amide bonds. The van der Waals surface area contributed by atoms with Gasteiger partial charge in [0.25, 0.3) is 0 Å². The predicted octanol–water partition coefficient (Wildman–Crippen LogP) is 4.76. The van der Waals surface area contributed by atoms with Gasteiger partial charge in [0.2, 0.25) is 0 Å². The molecule has 10 heteroatoms. The first kappa shape index (κ1) is 27.2. The van der Waals surface area contributed by atoms with Crippen molar-refractivity contribution in [2.75, 3.05) is 44.0 Å². The molecule has 0 atom stereocenters. The van der Waals surface area contributed by atoms with Gasteiger partial charge in [-0.15, -0.1) is 0 Å². The van der Waals surface area contributed by atoms with Crippen LogP contribution in [0.5, 0.6) is 0 Å². The van der Waals surface area contributed by atoms with Gasteiger partial charge >= 0.3 is 12.1 Å². The zero-order chi connectivity index (χ0) is 27.6. The Bertz CT molecular complexity index is 1320. The number of nitrogens with one attached hydrogen (secondary N) is 1. The number of aromatic nitrogens is 3. The maximum Gasteiger partial charge on any atom is 0.410 e. The van der Waals surface area contributed by atoms with E-state index in [0.717, 1.165) is 46.8 Å². The summed E-state index contributed by atoms with van der Waals surface area (Å²) in [5.41, 5.74) is 3.22. The van der Waals surface area contributed by atoms with Gasteiger partial charge in [-0.25, -0.2) is 19.6 Å². The van der Waals surface area contributed by atoms with Crippen molar-refractivity contribution in [3.8, 4) is 11.3 Å². The van der Waals surface area contributed by atoms with Crippen LogP contribution in [0.15, 0.2) is 30.7 Å². The van der Waals surface area contributed by atoms with Crippen molar-refractivity contribution in [2.45, 2.75) is 59.1 Å². The van der Waals surface area contributed by atoms with E-state index in [2.05, 4.69) is 10.3 Å². The molecule has 4 heterocycles. The molecule has 0 unspecified atom stereocenters. The van der Waals surface area contributed by atoms with Gasteiger partial charge in [0.15, 0.2) is 0 Å². The summed E-state index contributed by atoms with van der Waals surface area (Å²) in [5, 5.41) is 3.65. The van der Waals surface area contributed by atoms with Gasteiger partial charge in [-0.3, -0.25) is 4.40 Å². The molecule has 1 N–H and O–H groups in total. The maximum atomic E-state index is 12.9. The number of ether oxygens (including phenoxy) is 2. The van der Waals surface area contributed by atoms with E-state index in [0.29, 0.717) is 18.7 Å². The quantitative estimate of drug-likeness (QED) is 0.463. The van der Waals surface area contributed by atoms with E-state index in [1.54, 1.807) is 24.3 Å². The molecule has 0 radical (unpaired) electrons. The highest BCUT2D eigenvalue weighted by Crippen LogP contribution is 2.32. The smallest absolute Gasteiger partial charge is 0.410 e. The largest absolute Gasteiger partial charge is 0.462 e. The van der Waals surface area contributed by atoms with Crippen molar-refractivity contribution in [1.82, 2.24) is 19.3 Å². The minimum atomic E-state index is -0.524. The van der Waals surface area contributed by atoms with Gasteiger partial charge in [-0.05, 0) is 65.7 Å². The highest BCUT2D eigenvalue weighted by molar-refractivity contribution is 5.96. The summed E-state index contributed by atoms with van der Waals surface area (Å²) in [6.45, 7) is 10.8. The van der Waals surface area contributed by atoms with Crippen LogP contribution in [0, 0.1) is 6.92 Å². The summed E-state index contributed by atoms with van der Waals surface area (Å²) in [6, 6.07) is 5.85. The van der Waals surface area contributed by atoms with Gasteiger partial charge in [-0.2, -0.15) is 0 Å². The molecule has 1 fully saturated rings. The number of carbonyl (C=O) groups is 2. The van der Waals surface area contributed by atoms with E-state index < -0.39 is 5.60 Å². The minimum Gasteiger partial charge on any atom is -0.462 e. The fourth-order valence-corrected chi connectivity index (χ4v) is 4.58. The van der Waals surface area contributed by atoms with E-state index in [-0.39, 0.29) is 24.7 Å². The summed E-state index contributed by atoms with van der Waals surface area (Å²) in [7, 11) is 3.88. The molecule has 1 aliphatic heterocycles. The number of hydrogen-bond donors (Lipinski definition) is 1. The number of esters is 1. The lowest BCUT2D eigenvalue weighted by Crippen LogP contribution is -2.44. The van der Waals surface area contributed by atoms with Crippen LogP contribution >= 0.6 is 0 Å². The van der Waals surface area contributed by atoms with Crippen LogP contribution in [0.1, 0.15) is 56.5 Å². The summed E-state index contributed by atoms with van der Waals surface area (Å²) in [6.07, 6.45) is 4.76. The van der Waals surface area contributed by atoms with Crippen LogP contribution in [0.3, 0.4) is 0 Å². The molecule has 204 valence electrons. The topological polar surface area (TPSA) is 101 Å². The van der Waals surface area contributed by atoms with Crippen LogP contribution in [0.4, 0.5) is 16.4 Å². The third kappa shape index (κ3) is 5.84. The van der Waals surface area contributed by atoms with Crippen molar-refractivity contribution in [1.29, 1.82) is 0 Å². The maximum absolute atomic E-state index is 12.9. The molecule has 3 aromatic rings. The summed E-state index contributed by atoms with van der Waals surface area (Å²) < 4.78 is 12.9. The lowest BCUT2D eigenvalue weighted by Gasteiger charge is -2.34. The van der Waals surface area contributed by atoms with Crippen LogP contribution in [0.25, 0.3) is 16.8 Å². The van der Waals surface area contributed by atoms with Gasteiger partial charge in [0, 0.05) is 50.6 Å². The van der Waals surface area contributed by atoms with E-state index >= 15 is 0 Å². The normalized spacial score (nSPS) is 14.4. The summed E-state index contributed by atoms with van der Waals surface area (Å²) >= 11 is 0. The first-order valence-corrected chi connectivity index (χ1v) is 13.0. The highest BCUT2D eigenvalue weighted by atomic mass is 16.6. The van der Waals surface area contributed by atoms with Gasteiger partial charge in [0.05, 0.1) is 23.4 Å². The Kier molecular flexibility index (Phi) is 7.80. The van der Waals surface area contributed by atoms with Crippen LogP contribution in [-0.2, 0) is 9.47 Å². The molecule has 1 saturated heterocycles. The Morgan fingerprint density at radius 2 is 1.87 bits per heavy atom. The summed E-state index contributed by atoms with van der Waals surface area (Å²) in [4.78, 5) is 38.3. The number of hydrogen-bond acceptors (Lipinski definition) is 8. The molecule has 0 aliphatic carbocycles. The number of imidazole rings is 1. The lowest BCUT2D eigenvalue weighted by molar-refractivity contribution is 0.0210. The van der Waals surface area contributed by atoms with Crippen molar-refractivity contribution in [2.24, 2.45) is 0 Å². The lowest BCUT2D eigenvalue weighted by atomic mass is 10.0. The predicted molar refractivity (Wildman–Crippen MR) is 148 cm³/mol. The average molecular weight is 523 g/mol. The number of carbonyl (C=O) groups excluding carboxylic acids is 2. The van der Waals surface area contributed by atoms with E-state index in [4.69, 9.17) is 14.5 Å². The van der Waals surface area contributed by atoms with Crippen molar-refractivity contribution in [3.05, 3.63) is 41.9 Å². The monoisotopic (exact) mass is 522 g/mol. The highest BCUT2D eigenvalue weighted by Gasteiger charge is 2.28. The van der Waals surface area contributed by atoms with Crippen LogP contribution in [0.2, 0.25) is 0 Å². The number of nitrogens with zero attached hydrogens (tertiary/aromatic N) is 5. The SMILES string of the molecule is CCOC(=O)c1cc2c(-c3ccnc(N(C)C)c3)ncn2c(NC2CCN(C(=O)OC(C)(C)C)CC2)c1C. The fourth-order valence-electron chi connectivity index (χ4n) is 4.58. The Balaban J connectivity index is 1.67. The van der Waals surface area contributed by atoms with Crippen molar-refractivity contribution < 1.29 is 19.1 Å². The summed E-state index contributed by atoms with van der Waals surface area (Å²) in [5.74, 6) is 1.24. The first-order valence-electron chi connectivity index (χ1n) is 13.0. The van der Waals surface area contributed by atoms with E-state index in [1.807, 2.05) is 69.3 Å². The Morgan fingerprint density at radius 1 is 1.16 bits per heavy atom. The number of amides is 1. The number of piperidine rings is 1. The average Bonchev–Trinajstić information content (AvgIpc) is 3.29. The Morgan fingerprint density at radius 3 is 2.50 bits per heavy atom. The molecule has 1 aliphatic rings. The van der Waals surface area contributed by atoms with Gasteiger partial charge < -0.3 is 24.6 Å². The third-order valence-corrected chi connectivity index (χ3v) is 6.55. The molecular formula is C28H38N6O4. The Hall–Kier alpha value is -3.82. The molecule has 3 aromatic heterocycles. The molecule has 10 nitrogen and oxygen atoms in total. The third-order valence-electron chi connectivity index (χ3n) is 6.55. The Labute approximate surface area is 223 Å².